The molecule has 5 nitrogen and oxygen atoms in total. The van der Waals surface area contributed by atoms with Crippen molar-refractivity contribution < 1.29 is 0 Å². The number of likely N-dealkylation sites (N-methyl/N-ethyl adjacent to an activating group) is 1. The van der Waals surface area contributed by atoms with Gasteiger partial charge in [0.25, 0.3) is 0 Å². The summed E-state index contributed by atoms with van der Waals surface area (Å²) in [6.45, 7) is 3.94. The lowest BCUT2D eigenvalue weighted by molar-refractivity contribution is 0.311. The minimum Gasteiger partial charge on any atom is -0.351 e. The number of benzene rings is 2. The van der Waals surface area contributed by atoms with Crippen LogP contribution in [0.4, 0.5) is 0 Å². The predicted octanol–water partition coefficient (Wildman–Crippen LogP) is 4.88. The van der Waals surface area contributed by atoms with Gasteiger partial charge in [-0.1, -0.05) is 30.3 Å². The molecule has 0 fully saturated rings. The summed E-state index contributed by atoms with van der Waals surface area (Å²) in [6, 6.07) is 17.6. The summed E-state index contributed by atoms with van der Waals surface area (Å²) >= 11 is 0. The van der Waals surface area contributed by atoms with Gasteiger partial charge in [-0.3, -0.25) is 0 Å². The highest BCUT2D eigenvalue weighted by atomic mass is 15.1. The summed E-state index contributed by atoms with van der Waals surface area (Å²) in [6.07, 6.45) is 5.12. The molecule has 0 saturated carbocycles. The van der Waals surface area contributed by atoms with Crippen molar-refractivity contribution in [3.63, 3.8) is 0 Å². The number of aryl methyl sites for hydroxylation is 2. The number of aromatic nitrogens is 4. The first kappa shape index (κ1) is 18.3. The van der Waals surface area contributed by atoms with Gasteiger partial charge in [0.1, 0.15) is 5.82 Å². The van der Waals surface area contributed by atoms with E-state index in [0.29, 0.717) is 0 Å². The Balaban J connectivity index is 1.64. The van der Waals surface area contributed by atoms with E-state index in [1.54, 1.807) is 0 Å². The summed E-state index contributed by atoms with van der Waals surface area (Å²) in [5, 5.41) is 1.26. The molecular formula is C26H25N5. The van der Waals surface area contributed by atoms with E-state index < -0.39 is 0 Å². The van der Waals surface area contributed by atoms with Gasteiger partial charge < -0.3 is 14.0 Å². The Morgan fingerprint density at radius 2 is 1.84 bits per heavy atom. The van der Waals surface area contributed by atoms with Crippen molar-refractivity contribution in [2.75, 3.05) is 13.6 Å². The second-order valence-electron chi connectivity index (χ2n) is 8.62. The van der Waals surface area contributed by atoms with Crippen LogP contribution in [0.25, 0.3) is 38.8 Å². The maximum absolute atomic E-state index is 4.86. The Hall–Kier alpha value is -3.44. The molecule has 0 unspecified atom stereocenters. The van der Waals surface area contributed by atoms with Crippen molar-refractivity contribution in [2.24, 2.45) is 7.05 Å². The topological polar surface area (TPSA) is 38.9 Å². The molecule has 5 heteroatoms. The number of rotatable bonds is 2. The third-order valence-corrected chi connectivity index (χ3v) is 6.54. The fourth-order valence-electron chi connectivity index (χ4n) is 4.96. The van der Waals surface area contributed by atoms with E-state index in [1.807, 2.05) is 13.1 Å². The molecule has 0 aliphatic carbocycles. The Morgan fingerprint density at radius 1 is 0.968 bits per heavy atom. The lowest BCUT2D eigenvalue weighted by Gasteiger charge is -2.24. The average Bonchev–Trinajstić information content (AvgIpc) is 3.31. The maximum Gasteiger partial charge on any atom is 0.126 e. The van der Waals surface area contributed by atoms with Crippen LogP contribution in [0.1, 0.15) is 17.1 Å². The van der Waals surface area contributed by atoms with E-state index in [2.05, 4.69) is 87.8 Å². The van der Waals surface area contributed by atoms with E-state index in [9.17, 15) is 0 Å². The summed E-state index contributed by atoms with van der Waals surface area (Å²) in [5.74, 6) is 0.822. The third-order valence-electron chi connectivity index (χ3n) is 6.54. The van der Waals surface area contributed by atoms with E-state index in [1.165, 1.54) is 39.0 Å². The number of para-hydroxylation sites is 1. The van der Waals surface area contributed by atoms with Gasteiger partial charge in [-0.05, 0) is 43.1 Å². The molecule has 3 aromatic heterocycles. The molecule has 0 atom stereocenters. The second kappa shape index (κ2) is 6.79. The van der Waals surface area contributed by atoms with Crippen LogP contribution in [0, 0.1) is 6.92 Å². The lowest BCUT2D eigenvalue weighted by Crippen LogP contribution is -2.27. The normalized spacial score (nSPS) is 14.4. The molecule has 0 saturated heterocycles. The summed E-state index contributed by atoms with van der Waals surface area (Å²) in [4.78, 5) is 11.8. The highest BCUT2D eigenvalue weighted by Gasteiger charge is 2.25. The molecule has 6 rings (SSSR count). The first-order valence-electron chi connectivity index (χ1n) is 10.8. The van der Waals surface area contributed by atoms with Crippen molar-refractivity contribution >= 4 is 21.9 Å². The predicted molar refractivity (Wildman–Crippen MR) is 126 cm³/mol. The molecule has 2 aromatic carbocycles. The molecule has 0 amide bonds. The van der Waals surface area contributed by atoms with Gasteiger partial charge in [0.05, 0.1) is 22.9 Å². The number of nitrogens with zero attached hydrogens (tertiary/aromatic N) is 5. The number of hydrogen-bond acceptors (Lipinski definition) is 3. The number of fused-ring (bicyclic) bond motifs is 4. The van der Waals surface area contributed by atoms with Gasteiger partial charge in [-0.15, -0.1) is 0 Å². The Bertz CT molecular complexity index is 1460. The summed E-state index contributed by atoms with van der Waals surface area (Å²) in [7, 11) is 4.28. The zero-order valence-electron chi connectivity index (χ0n) is 18.1. The summed E-state index contributed by atoms with van der Waals surface area (Å²) < 4.78 is 4.59. The van der Waals surface area contributed by atoms with Gasteiger partial charge in [0, 0.05) is 55.1 Å². The zero-order chi connectivity index (χ0) is 21.1. The van der Waals surface area contributed by atoms with Crippen LogP contribution in [0.2, 0.25) is 0 Å². The number of hydrogen-bond donors (Lipinski definition) is 0. The Kier molecular flexibility index (Phi) is 4.02. The standard InChI is InChI=1S/C26H25N5/c1-17-27-15-25-26(28-17)21-16-29(2)12-11-23(21)31(25)22-7-5-4-6-20(22)19-9-8-18-10-13-30(3)24(18)14-19/h4-10,13-15H,11-12,16H2,1-3H3. The second-order valence-corrected chi connectivity index (χ2v) is 8.62. The van der Waals surface area contributed by atoms with Crippen molar-refractivity contribution in [3.05, 3.63) is 78.0 Å². The van der Waals surface area contributed by atoms with E-state index in [0.717, 1.165) is 36.4 Å². The van der Waals surface area contributed by atoms with Gasteiger partial charge in [-0.2, -0.15) is 0 Å². The molecule has 1 aliphatic heterocycles. The Morgan fingerprint density at radius 3 is 2.74 bits per heavy atom. The van der Waals surface area contributed by atoms with E-state index in [4.69, 9.17) is 4.98 Å². The molecule has 0 radical (unpaired) electrons. The average molecular weight is 408 g/mol. The molecule has 5 aromatic rings. The quantitative estimate of drug-likeness (QED) is 0.419. The fourth-order valence-corrected chi connectivity index (χ4v) is 4.96. The molecule has 0 spiro atoms. The van der Waals surface area contributed by atoms with Gasteiger partial charge in [0.15, 0.2) is 0 Å². The van der Waals surface area contributed by atoms with Crippen molar-refractivity contribution in [1.82, 2.24) is 24.0 Å². The molecule has 31 heavy (non-hydrogen) atoms. The molecule has 1 aliphatic rings. The highest BCUT2D eigenvalue weighted by Crippen LogP contribution is 2.36. The van der Waals surface area contributed by atoms with Crippen LogP contribution in [-0.4, -0.2) is 37.6 Å². The molecular weight excluding hydrogens is 382 g/mol. The monoisotopic (exact) mass is 407 g/mol. The van der Waals surface area contributed by atoms with Crippen LogP contribution in [0.3, 0.4) is 0 Å². The van der Waals surface area contributed by atoms with Crippen LogP contribution >= 0.6 is 0 Å². The lowest BCUT2D eigenvalue weighted by atomic mass is 10.0. The van der Waals surface area contributed by atoms with Crippen molar-refractivity contribution in [3.8, 4) is 16.8 Å². The molecule has 0 bridgehead atoms. The zero-order valence-corrected chi connectivity index (χ0v) is 18.1. The van der Waals surface area contributed by atoms with Gasteiger partial charge >= 0.3 is 0 Å². The largest absolute Gasteiger partial charge is 0.351 e. The first-order chi connectivity index (χ1) is 15.1. The fraction of sp³-hybridized carbons (Fsp3) is 0.231. The van der Waals surface area contributed by atoms with E-state index >= 15 is 0 Å². The Labute approximate surface area is 181 Å². The van der Waals surface area contributed by atoms with Gasteiger partial charge in [-0.25, -0.2) is 9.97 Å². The summed E-state index contributed by atoms with van der Waals surface area (Å²) in [5.41, 5.74) is 9.76. The van der Waals surface area contributed by atoms with Gasteiger partial charge in [0.2, 0.25) is 0 Å². The minimum absolute atomic E-state index is 0.822. The van der Waals surface area contributed by atoms with Crippen LogP contribution in [-0.2, 0) is 20.0 Å². The third kappa shape index (κ3) is 2.81. The first-order valence-corrected chi connectivity index (χ1v) is 10.8. The van der Waals surface area contributed by atoms with Crippen molar-refractivity contribution in [2.45, 2.75) is 19.9 Å². The van der Waals surface area contributed by atoms with Crippen LogP contribution in [0.15, 0.2) is 60.9 Å². The van der Waals surface area contributed by atoms with Crippen LogP contribution < -0.4 is 0 Å². The van der Waals surface area contributed by atoms with E-state index in [-0.39, 0.29) is 0 Å². The molecule has 154 valence electrons. The molecule has 4 heterocycles. The highest BCUT2D eigenvalue weighted by molar-refractivity contribution is 5.89. The minimum atomic E-state index is 0.822. The molecule has 0 N–H and O–H groups in total. The van der Waals surface area contributed by atoms with Crippen molar-refractivity contribution in [1.29, 1.82) is 0 Å². The van der Waals surface area contributed by atoms with Crippen LogP contribution in [0.5, 0.6) is 0 Å². The SMILES string of the molecule is Cc1ncc2c(n1)c1c(n2-c2ccccc2-c2ccc3ccn(C)c3c2)CCN(C)C1. The maximum atomic E-state index is 4.86. The smallest absolute Gasteiger partial charge is 0.126 e.